The van der Waals surface area contributed by atoms with E-state index < -0.39 is 0 Å². The number of hydrogen-bond donors (Lipinski definition) is 2. The lowest BCUT2D eigenvalue weighted by molar-refractivity contribution is 0.875. The first-order valence-electron chi connectivity index (χ1n) is 5.14. The van der Waals surface area contributed by atoms with E-state index in [1.165, 1.54) is 0 Å². The Hall–Kier alpha value is -2.10. The summed E-state index contributed by atoms with van der Waals surface area (Å²) in [4.78, 5) is 8.11. The Morgan fingerprint density at radius 3 is 2.75 bits per heavy atom. The van der Waals surface area contributed by atoms with Gasteiger partial charge in [0, 0.05) is 18.6 Å². The summed E-state index contributed by atoms with van der Waals surface area (Å²) < 4.78 is 0. The second-order valence-corrected chi connectivity index (χ2v) is 3.59. The molecule has 0 aliphatic carbocycles. The zero-order valence-corrected chi connectivity index (χ0v) is 9.09. The number of nitrogen functional groups attached to an aromatic ring is 1. The minimum Gasteiger partial charge on any atom is -0.382 e. The lowest BCUT2D eigenvalue weighted by Crippen LogP contribution is -2.09. The molecule has 82 valence electrons. The number of hydrogen-bond acceptors (Lipinski definition) is 4. The van der Waals surface area contributed by atoms with Crippen molar-refractivity contribution in [2.45, 2.75) is 13.0 Å². The van der Waals surface area contributed by atoms with Crippen molar-refractivity contribution >= 4 is 11.5 Å². The molecule has 0 bridgehead atoms. The number of aromatic nitrogens is 2. The van der Waals surface area contributed by atoms with E-state index >= 15 is 0 Å². The van der Waals surface area contributed by atoms with Crippen LogP contribution in [0.15, 0.2) is 42.9 Å². The van der Waals surface area contributed by atoms with Gasteiger partial charge in [-0.05, 0) is 30.7 Å². The van der Waals surface area contributed by atoms with E-state index in [0.29, 0.717) is 5.82 Å². The Morgan fingerprint density at radius 1 is 1.25 bits per heavy atom. The summed E-state index contributed by atoms with van der Waals surface area (Å²) in [6, 6.07) is 7.86. The highest BCUT2D eigenvalue weighted by Gasteiger charge is 2.06. The Labute approximate surface area is 94.5 Å². The summed E-state index contributed by atoms with van der Waals surface area (Å²) in [5, 5.41) is 3.30. The smallest absolute Gasteiger partial charge is 0.146 e. The summed E-state index contributed by atoms with van der Waals surface area (Å²) >= 11 is 0. The van der Waals surface area contributed by atoms with Crippen LogP contribution in [-0.4, -0.2) is 9.97 Å². The second kappa shape index (κ2) is 4.61. The fourth-order valence-electron chi connectivity index (χ4n) is 1.49. The monoisotopic (exact) mass is 214 g/mol. The number of nitrogens with zero attached hydrogens (tertiary/aromatic N) is 2. The SMILES string of the molecule is CC(Nc1cccnc1N)c1cccnc1. The van der Waals surface area contributed by atoms with Gasteiger partial charge in [-0.15, -0.1) is 0 Å². The van der Waals surface area contributed by atoms with Gasteiger partial charge < -0.3 is 11.1 Å². The standard InChI is InChI=1S/C12H14N4/c1-9(10-4-2-6-14-8-10)16-11-5-3-7-15-12(11)13/h2-9,16H,1H3,(H2,13,15). The molecular weight excluding hydrogens is 200 g/mol. The maximum atomic E-state index is 5.76. The summed E-state index contributed by atoms with van der Waals surface area (Å²) in [6.07, 6.45) is 5.27. The molecule has 0 radical (unpaired) electrons. The molecule has 0 aliphatic heterocycles. The molecule has 0 aromatic carbocycles. The molecule has 0 saturated heterocycles. The van der Waals surface area contributed by atoms with Crippen LogP contribution in [0.4, 0.5) is 11.5 Å². The zero-order valence-electron chi connectivity index (χ0n) is 9.09. The molecule has 0 amide bonds. The highest BCUT2D eigenvalue weighted by atomic mass is 15.0. The molecule has 2 aromatic heterocycles. The minimum atomic E-state index is 0.153. The highest BCUT2D eigenvalue weighted by Crippen LogP contribution is 2.21. The molecule has 4 heteroatoms. The molecule has 0 fully saturated rings. The molecule has 1 unspecified atom stereocenters. The summed E-state index contributed by atoms with van der Waals surface area (Å²) in [7, 11) is 0. The van der Waals surface area contributed by atoms with Crippen molar-refractivity contribution in [3.63, 3.8) is 0 Å². The quantitative estimate of drug-likeness (QED) is 0.822. The van der Waals surface area contributed by atoms with Crippen LogP contribution < -0.4 is 11.1 Å². The van der Waals surface area contributed by atoms with Crippen LogP contribution in [0, 0.1) is 0 Å². The molecule has 0 saturated carbocycles. The molecule has 1 atom stereocenters. The Kier molecular flexibility index (Phi) is 3.00. The number of anilines is 2. The van der Waals surface area contributed by atoms with Gasteiger partial charge in [0.15, 0.2) is 0 Å². The third-order valence-corrected chi connectivity index (χ3v) is 2.39. The largest absolute Gasteiger partial charge is 0.382 e. The molecule has 0 spiro atoms. The molecular formula is C12H14N4. The van der Waals surface area contributed by atoms with Crippen LogP contribution in [0.1, 0.15) is 18.5 Å². The Bertz CT molecular complexity index is 456. The van der Waals surface area contributed by atoms with Crippen LogP contribution in [0.5, 0.6) is 0 Å². The molecule has 3 N–H and O–H groups in total. The van der Waals surface area contributed by atoms with Crippen LogP contribution in [0.2, 0.25) is 0 Å². The van der Waals surface area contributed by atoms with Gasteiger partial charge in [0.2, 0.25) is 0 Å². The number of pyridine rings is 2. The number of nitrogens with one attached hydrogen (secondary N) is 1. The molecule has 4 nitrogen and oxygen atoms in total. The predicted octanol–water partition coefficient (Wildman–Crippen LogP) is 2.23. The van der Waals surface area contributed by atoms with Crippen LogP contribution in [0.25, 0.3) is 0 Å². The predicted molar refractivity (Wildman–Crippen MR) is 64.9 cm³/mol. The van der Waals surface area contributed by atoms with Gasteiger partial charge in [-0.3, -0.25) is 4.98 Å². The van der Waals surface area contributed by atoms with Crippen molar-refractivity contribution < 1.29 is 0 Å². The third kappa shape index (κ3) is 2.28. The zero-order chi connectivity index (χ0) is 11.4. The highest BCUT2D eigenvalue weighted by molar-refractivity contribution is 5.61. The van der Waals surface area contributed by atoms with Crippen molar-refractivity contribution in [2.24, 2.45) is 0 Å². The van der Waals surface area contributed by atoms with Gasteiger partial charge >= 0.3 is 0 Å². The van der Waals surface area contributed by atoms with Crippen molar-refractivity contribution in [1.82, 2.24) is 9.97 Å². The molecule has 2 aromatic rings. The van der Waals surface area contributed by atoms with E-state index in [1.807, 2.05) is 30.5 Å². The Morgan fingerprint density at radius 2 is 2.06 bits per heavy atom. The van der Waals surface area contributed by atoms with Gasteiger partial charge in [-0.1, -0.05) is 6.07 Å². The first-order chi connectivity index (χ1) is 7.77. The molecule has 2 heterocycles. The van der Waals surface area contributed by atoms with E-state index in [-0.39, 0.29) is 6.04 Å². The first kappa shape index (κ1) is 10.4. The molecule has 16 heavy (non-hydrogen) atoms. The number of rotatable bonds is 3. The van der Waals surface area contributed by atoms with E-state index in [0.717, 1.165) is 11.3 Å². The van der Waals surface area contributed by atoms with Gasteiger partial charge in [0.1, 0.15) is 5.82 Å². The maximum absolute atomic E-state index is 5.76. The fraction of sp³-hybridized carbons (Fsp3) is 0.167. The first-order valence-corrected chi connectivity index (χ1v) is 5.14. The van der Waals surface area contributed by atoms with E-state index in [1.54, 1.807) is 12.4 Å². The lowest BCUT2D eigenvalue weighted by Gasteiger charge is -2.15. The van der Waals surface area contributed by atoms with Crippen molar-refractivity contribution in [1.29, 1.82) is 0 Å². The fourth-order valence-corrected chi connectivity index (χ4v) is 1.49. The van der Waals surface area contributed by atoms with Gasteiger partial charge in [-0.2, -0.15) is 0 Å². The Balaban J connectivity index is 2.14. The van der Waals surface area contributed by atoms with Crippen LogP contribution in [0.3, 0.4) is 0 Å². The van der Waals surface area contributed by atoms with E-state index in [4.69, 9.17) is 5.73 Å². The second-order valence-electron chi connectivity index (χ2n) is 3.59. The van der Waals surface area contributed by atoms with Crippen molar-refractivity contribution in [3.05, 3.63) is 48.4 Å². The average Bonchev–Trinajstić information content (AvgIpc) is 2.33. The van der Waals surface area contributed by atoms with Crippen LogP contribution >= 0.6 is 0 Å². The molecule has 2 rings (SSSR count). The summed E-state index contributed by atoms with van der Waals surface area (Å²) in [5.41, 5.74) is 7.72. The van der Waals surface area contributed by atoms with Gasteiger partial charge in [0.05, 0.1) is 11.7 Å². The van der Waals surface area contributed by atoms with E-state index in [2.05, 4.69) is 22.2 Å². The van der Waals surface area contributed by atoms with Gasteiger partial charge in [0.25, 0.3) is 0 Å². The van der Waals surface area contributed by atoms with Gasteiger partial charge in [-0.25, -0.2) is 4.98 Å². The molecule has 0 aliphatic rings. The maximum Gasteiger partial charge on any atom is 0.146 e. The normalized spacial score (nSPS) is 12.1. The third-order valence-electron chi connectivity index (χ3n) is 2.39. The topological polar surface area (TPSA) is 63.8 Å². The van der Waals surface area contributed by atoms with Crippen LogP contribution in [-0.2, 0) is 0 Å². The van der Waals surface area contributed by atoms with E-state index in [9.17, 15) is 0 Å². The number of nitrogens with two attached hydrogens (primary N) is 1. The lowest BCUT2D eigenvalue weighted by atomic mass is 10.1. The minimum absolute atomic E-state index is 0.153. The van der Waals surface area contributed by atoms with Crippen molar-refractivity contribution in [2.75, 3.05) is 11.1 Å². The summed E-state index contributed by atoms with van der Waals surface area (Å²) in [6.45, 7) is 2.06. The average molecular weight is 214 g/mol. The summed E-state index contributed by atoms with van der Waals surface area (Å²) in [5.74, 6) is 0.512. The van der Waals surface area contributed by atoms with Crippen molar-refractivity contribution in [3.8, 4) is 0 Å².